The minimum atomic E-state index is -0.711. The van der Waals surface area contributed by atoms with Gasteiger partial charge in [-0.1, -0.05) is 89.1 Å². The van der Waals surface area contributed by atoms with Gasteiger partial charge in [0.15, 0.2) is 6.61 Å². The van der Waals surface area contributed by atoms with Crippen LogP contribution in [0.5, 0.6) is 5.75 Å². The zero-order valence-electron chi connectivity index (χ0n) is 19.9. The molecule has 3 aromatic carbocycles. The third-order valence-electron chi connectivity index (χ3n) is 5.73. The summed E-state index contributed by atoms with van der Waals surface area (Å²) in [7, 11) is 0. The summed E-state index contributed by atoms with van der Waals surface area (Å²) in [6.45, 7) is 4.00. The van der Waals surface area contributed by atoms with Crippen LogP contribution in [-0.2, 0) is 22.6 Å². The second kappa shape index (κ2) is 13.3. The standard InChI is InChI=1S/C28H30BrClN2O3/c1-3-20(2)31-28(34)25(17-21-9-5-4-6-10-21)32(18-22-13-15-23(29)16-14-22)27(33)19-35-26-12-8-7-11-24(26)30/h4-16,20,25H,3,17-19H2,1-2H3,(H,31,34)/t20-,25+/m1/s1. The Labute approximate surface area is 220 Å². The maximum absolute atomic E-state index is 13.6. The number of amides is 2. The van der Waals surface area contributed by atoms with Crippen LogP contribution in [0, 0.1) is 0 Å². The van der Waals surface area contributed by atoms with Gasteiger partial charge in [-0.2, -0.15) is 0 Å². The fourth-order valence-corrected chi connectivity index (χ4v) is 4.02. The Balaban J connectivity index is 1.91. The maximum Gasteiger partial charge on any atom is 0.261 e. The molecule has 5 nitrogen and oxygen atoms in total. The number of nitrogens with zero attached hydrogens (tertiary/aromatic N) is 1. The summed E-state index contributed by atoms with van der Waals surface area (Å²) in [4.78, 5) is 28.6. The van der Waals surface area contributed by atoms with Crippen LogP contribution < -0.4 is 10.1 Å². The van der Waals surface area contributed by atoms with Gasteiger partial charge in [-0.3, -0.25) is 9.59 Å². The van der Waals surface area contributed by atoms with Crippen LogP contribution in [0.25, 0.3) is 0 Å². The van der Waals surface area contributed by atoms with Gasteiger partial charge in [0.25, 0.3) is 5.91 Å². The van der Waals surface area contributed by atoms with E-state index < -0.39 is 6.04 Å². The van der Waals surface area contributed by atoms with E-state index in [4.69, 9.17) is 16.3 Å². The number of halogens is 2. The lowest BCUT2D eigenvalue weighted by atomic mass is 10.0. The third kappa shape index (κ3) is 8.11. The Morgan fingerprint density at radius 2 is 1.63 bits per heavy atom. The summed E-state index contributed by atoms with van der Waals surface area (Å²) in [5.74, 6) is -0.0609. The molecule has 0 spiro atoms. The van der Waals surface area contributed by atoms with Crippen molar-refractivity contribution < 1.29 is 14.3 Å². The number of nitrogens with one attached hydrogen (secondary N) is 1. The van der Waals surface area contributed by atoms with Crippen LogP contribution in [0.3, 0.4) is 0 Å². The van der Waals surface area contributed by atoms with Crippen molar-refractivity contribution in [1.29, 1.82) is 0 Å². The van der Waals surface area contributed by atoms with Gasteiger partial charge >= 0.3 is 0 Å². The molecular formula is C28H30BrClN2O3. The maximum atomic E-state index is 13.6. The smallest absolute Gasteiger partial charge is 0.261 e. The zero-order valence-corrected chi connectivity index (χ0v) is 22.3. The van der Waals surface area contributed by atoms with Gasteiger partial charge in [-0.25, -0.2) is 0 Å². The number of carbonyl (C=O) groups excluding carboxylic acids is 2. The fraction of sp³-hybridized carbons (Fsp3) is 0.286. The molecule has 7 heteroatoms. The molecule has 1 N–H and O–H groups in total. The van der Waals surface area contributed by atoms with Crippen molar-refractivity contribution >= 4 is 39.3 Å². The van der Waals surface area contributed by atoms with Gasteiger partial charge < -0.3 is 15.0 Å². The first-order chi connectivity index (χ1) is 16.9. The molecule has 0 heterocycles. The van der Waals surface area contributed by atoms with Crippen molar-refractivity contribution in [3.8, 4) is 5.75 Å². The average Bonchev–Trinajstić information content (AvgIpc) is 2.87. The predicted octanol–water partition coefficient (Wildman–Crippen LogP) is 6.04. The molecule has 184 valence electrons. The topological polar surface area (TPSA) is 58.6 Å². The Kier molecular flexibility index (Phi) is 10.2. The van der Waals surface area contributed by atoms with E-state index in [1.807, 2.05) is 68.4 Å². The molecule has 0 aliphatic rings. The number of para-hydroxylation sites is 1. The van der Waals surface area contributed by atoms with Gasteiger partial charge in [0.05, 0.1) is 5.02 Å². The molecule has 0 aliphatic carbocycles. The molecule has 3 aromatic rings. The van der Waals surface area contributed by atoms with Gasteiger partial charge in [0, 0.05) is 23.5 Å². The molecule has 0 aromatic heterocycles. The Morgan fingerprint density at radius 3 is 2.29 bits per heavy atom. The van der Waals surface area contributed by atoms with Crippen LogP contribution in [0.4, 0.5) is 0 Å². The first-order valence-corrected chi connectivity index (χ1v) is 12.8. The highest BCUT2D eigenvalue weighted by molar-refractivity contribution is 9.10. The molecule has 2 atom stereocenters. The first-order valence-electron chi connectivity index (χ1n) is 11.6. The molecule has 0 saturated heterocycles. The van der Waals surface area contributed by atoms with E-state index in [0.717, 1.165) is 22.0 Å². The van der Waals surface area contributed by atoms with E-state index >= 15 is 0 Å². The lowest BCUT2D eigenvalue weighted by molar-refractivity contribution is -0.143. The SMILES string of the molecule is CC[C@@H](C)NC(=O)[C@H](Cc1ccccc1)N(Cc1ccc(Br)cc1)C(=O)COc1ccccc1Cl. The van der Waals surface area contributed by atoms with Gasteiger partial charge in [0.2, 0.25) is 5.91 Å². The van der Waals surface area contributed by atoms with E-state index in [-0.39, 0.29) is 31.0 Å². The number of hydrogen-bond donors (Lipinski definition) is 1. The molecule has 0 aliphatic heterocycles. The first kappa shape index (κ1) is 26.8. The lowest BCUT2D eigenvalue weighted by Gasteiger charge is -2.32. The average molecular weight is 558 g/mol. The van der Waals surface area contributed by atoms with Crippen LogP contribution in [0.1, 0.15) is 31.4 Å². The third-order valence-corrected chi connectivity index (χ3v) is 6.57. The van der Waals surface area contributed by atoms with Crippen molar-refractivity contribution in [1.82, 2.24) is 10.2 Å². The molecule has 0 saturated carbocycles. The summed E-state index contributed by atoms with van der Waals surface area (Å²) in [5.41, 5.74) is 1.88. The summed E-state index contributed by atoms with van der Waals surface area (Å²) in [6.07, 6.45) is 1.18. The van der Waals surface area contributed by atoms with Gasteiger partial charge in [-0.15, -0.1) is 0 Å². The molecule has 2 amide bonds. The highest BCUT2D eigenvalue weighted by Gasteiger charge is 2.31. The van der Waals surface area contributed by atoms with Crippen molar-refractivity contribution in [3.63, 3.8) is 0 Å². The predicted molar refractivity (Wildman–Crippen MR) is 143 cm³/mol. The van der Waals surface area contributed by atoms with Crippen molar-refractivity contribution in [2.75, 3.05) is 6.61 Å². The Hall–Kier alpha value is -2.83. The minimum Gasteiger partial charge on any atom is -0.482 e. The van der Waals surface area contributed by atoms with Gasteiger partial charge in [0.1, 0.15) is 11.8 Å². The zero-order chi connectivity index (χ0) is 25.2. The summed E-state index contributed by atoms with van der Waals surface area (Å²) >= 11 is 9.66. The van der Waals surface area contributed by atoms with Crippen LogP contribution in [0.15, 0.2) is 83.3 Å². The molecule has 0 unspecified atom stereocenters. The Morgan fingerprint density at radius 1 is 0.971 bits per heavy atom. The number of benzene rings is 3. The van der Waals surface area contributed by atoms with E-state index in [1.165, 1.54) is 0 Å². The molecule has 0 fully saturated rings. The van der Waals surface area contributed by atoms with Crippen LogP contribution in [0.2, 0.25) is 5.02 Å². The minimum absolute atomic E-state index is 0.00946. The lowest BCUT2D eigenvalue weighted by Crippen LogP contribution is -2.53. The monoisotopic (exact) mass is 556 g/mol. The summed E-state index contributed by atoms with van der Waals surface area (Å²) in [5, 5.41) is 3.49. The molecule has 35 heavy (non-hydrogen) atoms. The van der Waals surface area contributed by atoms with Crippen LogP contribution in [-0.4, -0.2) is 35.4 Å². The number of hydrogen-bond acceptors (Lipinski definition) is 3. The number of carbonyl (C=O) groups is 2. The Bertz CT molecular complexity index is 1110. The van der Waals surface area contributed by atoms with E-state index in [2.05, 4.69) is 21.2 Å². The quantitative estimate of drug-likeness (QED) is 0.313. The summed E-state index contributed by atoms with van der Waals surface area (Å²) < 4.78 is 6.70. The molecule has 0 bridgehead atoms. The van der Waals surface area contributed by atoms with E-state index in [0.29, 0.717) is 17.2 Å². The van der Waals surface area contributed by atoms with E-state index in [9.17, 15) is 9.59 Å². The van der Waals surface area contributed by atoms with Crippen molar-refractivity contribution in [2.45, 2.75) is 45.3 Å². The second-order valence-corrected chi connectivity index (χ2v) is 9.71. The van der Waals surface area contributed by atoms with Crippen molar-refractivity contribution in [3.05, 3.63) is 99.5 Å². The van der Waals surface area contributed by atoms with Crippen LogP contribution >= 0.6 is 27.5 Å². The number of ether oxygens (including phenoxy) is 1. The number of rotatable bonds is 11. The highest BCUT2D eigenvalue weighted by atomic mass is 79.9. The fourth-order valence-electron chi connectivity index (χ4n) is 3.57. The van der Waals surface area contributed by atoms with Crippen molar-refractivity contribution in [2.24, 2.45) is 0 Å². The largest absolute Gasteiger partial charge is 0.482 e. The molecule has 3 rings (SSSR count). The van der Waals surface area contributed by atoms with E-state index in [1.54, 1.807) is 29.2 Å². The normalized spacial score (nSPS) is 12.5. The molecular weight excluding hydrogens is 528 g/mol. The highest BCUT2D eigenvalue weighted by Crippen LogP contribution is 2.24. The second-order valence-electron chi connectivity index (χ2n) is 8.39. The molecule has 0 radical (unpaired) electrons. The van der Waals surface area contributed by atoms with Gasteiger partial charge in [-0.05, 0) is 48.7 Å². The summed E-state index contributed by atoms with van der Waals surface area (Å²) in [6, 6.07) is 23.7.